The number of carbonyl (C=O) groups excluding carboxylic acids is 1. The van der Waals surface area contributed by atoms with E-state index in [1.807, 2.05) is 20.8 Å². The van der Waals surface area contributed by atoms with Crippen molar-refractivity contribution in [1.82, 2.24) is 4.90 Å². The zero-order valence-electron chi connectivity index (χ0n) is 11.1. The molecular formula is C12H21NO4S. The molecule has 0 aromatic heterocycles. The van der Waals surface area contributed by atoms with E-state index in [9.17, 15) is 9.59 Å². The molecule has 1 aliphatic rings. The molecule has 1 fully saturated rings. The highest BCUT2D eigenvalue weighted by molar-refractivity contribution is 7.99. The number of hydrogen-bond donors (Lipinski definition) is 1. The summed E-state index contributed by atoms with van der Waals surface area (Å²) < 4.78 is 5.30. The van der Waals surface area contributed by atoms with Crippen molar-refractivity contribution in [2.24, 2.45) is 5.92 Å². The van der Waals surface area contributed by atoms with Gasteiger partial charge in [-0.3, -0.25) is 4.79 Å². The monoisotopic (exact) mass is 275 g/mol. The first-order chi connectivity index (χ1) is 8.28. The maximum atomic E-state index is 11.8. The number of thioether (sulfide) groups is 1. The van der Waals surface area contributed by atoms with Crippen molar-refractivity contribution in [3.05, 3.63) is 0 Å². The van der Waals surface area contributed by atoms with Crippen molar-refractivity contribution in [2.45, 2.75) is 32.8 Å². The molecule has 6 heteroatoms. The summed E-state index contributed by atoms with van der Waals surface area (Å²) in [5.41, 5.74) is -0.465. The highest BCUT2D eigenvalue weighted by Crippen LogP contribution is 2.22. The Labute approximate surface area is 112 Å². The van der Waals surface area contributed by atoms with Crippen molar-refractivity contribution < 1.29 is 19.4 Å². The Kier molecular flexibility index (Phi) is 5.31. The number of hydrogen-bond acceptors (Lipinski definition) is 4. The van der Waals surface area contributed by atoms with E-state index in [0.29, 0.717) is 19.0 Å². The molecule has 0 aliphatic carbocycles. The van der Waals surface area contributed by atoms with Gasteiger partial charge in [0, 0.05) is 13.1 Å². The number of likely N-dealkylation sites (tertiary alicyclic amines) is 1. The number of carbonyl (C=O) groups is 2. The summed E-state index contributed by atoms with van der Waals surface area (Å²) in [6, 6.07) is 0. The van der Waals surface area contributed by atoms with Gasteiger partial charge in [0.1, 0.15) is 5.60 Å². The van der Waals surface area contributed by atoms with E-state index in [4.69, 9.17) is 9.84 Å². The van der Waals surface area contributed by atoms with Crippen LogP contribution in [0.1, 0.15) is 27.2 Å². The predicted molar refractivity (Wildman–Crippen MR) is 70.9 cm³/mol. The van der Waals surface area contributed by atoms with Gasteiger partial charge in [0.25, 0.3) is 0 Å². The van der Waals surface area contributed by atoms with E-state index in [-0.39, 0.29) is 11.8 Å². The minimum Gasteiger partial charge on any atom is -0.481 e. The van der Waals surface area contributed by atoms with Crippen LogP contribution in [0.3, 0.4) is 0 Å². The lowest BCUT2D eigenvalue weighted by Gasteiger charge is -2.24. The molecule has 104 valence electrons. The average Bonchev–Trinajstić information content (AvgIpc) is 2.63. The van der Waals surface area contributed by atoms with Gasteiger partial charge in [0.05, 0.1) is 5.75 Å². The highest BCUT2D eigenvalue weighted by atomic mass is 32.2. The van der Waals surface area contributed by atoms with E-state index >= 15 is 0 Å². The number of aliphatic carboxylic acids is 1. The van der Waals surface area contributed by atoms with Gasteiger partial charge in [-0.2, -0.15) is 0 Å². The number of carboxylic acid groups (broad SMARTS) is 1. The lowest BCUT2D eigenvalue weighted by molar-refractivity contribution is -0.133. The van der Waals surface area contributed by atoms with E-state index < -0.39 is 11.6 Å². The number of ether oxygens (including phenoxy) is 1. The number of carboxylic acids is 1. The Bertz CT molecular complexity index is 314. The highest BCUT2D eigenvalue weighted by Gasteiger charge is 2.29. The third kappa shape index (κ3) is 5.62. The van der Waals surface area contributed by atoms with E-state index in [1.54, 1.807) is 4.90 Å². The van der Waals surface area contributed by atoms with E-state index in [1.165, 1.54) is 11.8 Å². The standard InChI is InChI=1S/C12H21NO4S/c1-12(2,3)17-11(16)13-5-4-9(6-13)7-18-8-10(14)15/h9H,4-8H2,1-3H3,(H,14,15). The third-order valence-corrected chi connectivity index (χ3v) is 3.67. The van der Waals surface area contributed by atoms with Gasteiger partial charge in [-0.25, -0.2) is 4.79 Å². The minimum atomic E-state index is -0.790. The van der Waals surface area contributed by atoms with Gasteiger partial charge in [0.15, 0.2) is 0 Å². The average molecular weight is 275 g/mol. The van der Waals surface area contributed by atoms with Crippen LogP contribution in [0.4, 0.5) is 4.79 Å². The summed E-state index contributed by atoms with van der Waals surface area (Å²) in [6.07, 6.45) is 0.652. The van der Waals surface area contributed by atoms with Gasteiger partial charge in [-0.1, -0.05) is 0 Å². The molecule has 1 rings (SSSR count). The summed E-state index contributed by atoms with van der Waals surface area (Å²) >= 11 is 1.41. The smallest absolute Gasteiger partial charge is 0.410 e. The van der Waals surface area contributed by atoms with Crippen LogP contribution in [0, 0.1) is 5.92 Å². The SMILES string of the molecule is CC(C)(C)OC(=O)N1CCC(CSCC(=O)O)C1. The molecule has 5 nitrogen and oxygen atoms in total. The number of rotatable bonds is 4. The van der Waals surface area contributed by atoms with Gasteiger partial charge < -0.3 is 14.7 Å². The van der Waals surface area contributed by atoms with Crippen molar-refractivity contribution >= 4 is 23.8 Å². The third-order valence-electron chi connectivity index (χ3n) is 2.52. The first-order valence-electron chi connectivity index (χ1n) is 6.05. The normalized spacial score (nSPS) is 19.9. The fourth-order valence-electron chi connectivity index (χ4n) is 1.77. The summed E-state index contributed by atoms with van der Waals surface area (Å²) in [6.45, 7) is 6.91. The molecule has 1 atom stereocenters. The Morgan fingerprint density at radius 1 is 1.44 bits per heavy atom. The van der Waals surface area contributed by atoms with Crippen LogP contribution in [0.15, 0.2) is 0 Å². The maximum absolute atomic E-state index is 11.8. The summed E-state index contributed by atoms with van der Waals surface area (Å²) in [7, 11) is 0. The van der Waals surface area contributed by atoms with Crippen molar-refractivity contribution in [3.8, 4) is 0 Å². The molecule has 0 bridgehead atoms. The van der Waals surface area contributed by atoms with Crippen LogP contribution in [0.2, 0.25) is 0 Å². The topological polar surface area (TPSA) is 66.8 Å². The number of nitrogens with zero attached hydrogens (tertiary/aromatic N) is 1. The molecule has 0 spiro atoms. The van der Waals surface area contributed by atoms with Crippen LogP contribution in [0.25, 0.3) is 0 Å². The van der Waals surface area contributed by atoms with Gasteiger partial charge >= 0.3 is 12.1 Å². The second-order valence-electron chi connectivity index (χ2n) is 5.49. The zero-order valence-corrected chi connectivity index (χ0v) is 12.0. The quantitative estimate of drug-likeness (QED) is 0.850. The minimum absolute atomic E-state index is 0.128. The van der Waals surface area contributed by atoms with Crippen LogP contribution in [0.5, 0.6) is 0 Å². The molecule has 0 aromatic rings. The van der Waals surface area contributed by atoms with Crippen LogP contribution in [-0.4, -0.2) is 52.3 Å². The van der Waals surface area contributed by atoms with Crippen LogP contribution < -0.4 is 0 Å². The Morgan fingerprint density at radius 3 is 2.67 bits per heavy atom. The fourth-order valence-corrected chi connectivity index (χ4v) is 2.67. The summed E-state index contributed by atoms with van der Waals surface area (Å²) in [5.74, 6) is 0.498. The first-order valence-corrected chi connectivity index (χ1v) is 7.21. The number of amides is 1. The van der Waals surface area contributed by atoms with Gasteiger partial charge in [-0.05, 0) is 38.9 Å². The van der Waals surface area contributed by atoms with Crippen molar-refractivity contribution in [3.63, 3.8) is 0 Å². The van der Waals surface area contributed by atoms with Crippen LogP contribution in [-0.2, 0) is 9.53 Å². The molecule has 0 saturated carbocycles. The van der Waals surface area contributed by atoms with Crippen molar-refractivity contribution in [1.29, 1.82) is 0 Å². The predicted octanol–water partition coefficient (Wildman–Crippen LogP) is 2.06. The molecule has 1 N–H and O–H groups in total. The van der Waals surface area contributed by atoms with E-state index in [2.05, 4.69) is 0 Å². The van der Waals surface area contributed by atoms with Gasteiger partial charge in [0.2, 0.25) is 0 Å². The van der Waals surface area contributed by atoms with Gasteiger partial charge in [-0.15, -0.1) is 11.8 Å². The molecule has 1 saturated heterocycles. The Hall–Kier alpha value is -0.910. The molecular weight excluding hydrogens is 254 g/mol. The maximum Gasteiger partial charge on any atom is 0.410 e. The first kappa shape index (κ1) is 15.1. The lowest BCUT2D eigenvalue weighted by Crippen LogP contribution is -2.35. The van der Waals surface area contributed by atoms with E-state index in [0.717, 1.165) is 12.2 Å². The molecule has 0 aromatic carbocycles. The van der Waals surface area contributed by atoms with Crippen molar-refractivity contribution in [2.75, 3.05) is 24.6 Å². The lowest BCUT2D eigenvalue weighted by atomic mass is 10.2. The second kappa shape index (κ2) is 6.31. The molecule has 0 radical (unpaired) electrons. The molecule has 1 aliphatic heterocycles. The Balaban J connectivity index is 2.28. The molecule has 18 heavy (non-hydrogen) atoms. The van der Waals surface area contributed by atoms with Crippen LogP contribution >= 0.6 is 11.8 Å². The zero-order chi connectivity index (χ0) is 13.8. The summed E-state index contributed by atoms with van der Waals surface area (Å²) in [5, 5.41) is 8.55. The largest absolute Gasteiger partial charge is 0.481 e. The molecule has 1 unspecified atom stereocenters. The molecule has 1 heterocycles. The Morgan fingerprint density at radius 2 is 2.11 bits per heavy atom. The fraction of sp³-hybridized carbons (Fsp3) is 0.833. The summed E-state index contributed by atoms with van der Waals surface area (Å²) in [4.78, 5) is 23.9. The molecule has 1 amide bonds. The second-order valence-corrected chi connectivity index (χ2v) is 6.52.